The lowest BCUT2D eigenvalue weighted by atomic mass is 10.3. The highest BCUT2D eigenvalue weighted by molar-refractivity contribution is 5.32. The molecule has 2 aliphatic carbocycles. The lowest BCUT2D eigenvalue weighted by molar-refractivity contribution is 0.326. The van der Waals surface area contributed by atoms with E-state index in [0.717, 1.165) is 23.7 Å². The summed E-state index contributed by atoms with van der Waals surface area (Å²) in [7, 11) is 0. The summed E-state index contributed by atoms with van der Waals surface area (Å²) in [4.78, 5) is 7.30. The predicted molar refractivity (Wildman–Crippen MR) is 71.9 cm³/mol. The molecule has 1 atom stereocenters. The molecule has 2 saturated carbocycles. The van der Waals surface area contributed by atoms with Crippen LogP contribution in [-0.2, 0) is 0 Å². The van der Waals surface area contributed by atoms with Crippen molar-refractivity contribution in [1.29, 1.82) is 0 Å². The normalized spacial score (nSPS) is 28.8. The van der Waals surface area contributed by atoms with Crippen molar-refractivity contribution in [3.05, 3.63) is 11.9 Å². The average molecular weight is 246 g/mol. The Kier molecular flexibility index (Phi) is 2.40. The molecule has 18 heavy (non-hydrogen) atoms. The van der Waals surface area contributed by atoms with Crippen LogP contribution in [0.2, 0.25) is 0 Å². The molecular weight excluding hydrogens is 224 g/mol. The molecule has 1 N–H and O–H groups in total. The van der Waals surface area contributed by atoms with Crippen LogP contribution in [0.25, 0.3) is 0 Å². The highest BCUT2D eigenvalue weighted by atomic mass is 15.3. The van der Waals surface area contributed by atoms with E-state index in [1.807, 2.05) is 0 Å². The molecule has 0 aromatic carbocycles. The molecule has 2 heterocycles. The summed E-state index contributed by atoms with van der Waals surface area (Å²) in [6.45, 7) is 4.57. The molecule has 4 nitrogen and oxygen atoms in total. The van der Waals surface area contributed by atoms with Gasteiger partial charge in [-0.1, -0.05) is 0 Å². The number of nitrogens with zero attached hydrogens (tertiary/aromatic N) is 3. The smallest absolute Gasteiger partial charge is 0.203 e. The summed E-state index contributed by atoms with van der Waals surface area (Å²) < 4.78 is 2.36. The van der Waals surface area contributed by atoms with Crippen molar-refractivity contribution in [1.82, 2.24) is 14.5 Å². The minimum absolute atomic E-state index is 0.602. The number of likely N-dealkylation sites (tertiary alicyclic amines) is 1. The van der Waals surface area contributed by atoms with Gasteiger partial charge in [-0.25, -0.2) is 4.98 Å². The number of aromatic nitrogens is 2. The van der Waals surface area contributed by atoms with E-state index in [1.54, 1.807) is 0 Å². The van der Waals surface area contributed by atoms with Gasteiger partial charge in [0, 0.05) is 37.4 Å². The third kappa shape index (κ3) is 2.03. The van der Waals surface area contributed by atoms with Crippen molar-refractivity contribution >= 4 is 5.95 Å². The van der Waals surface area contributed by atoms with Crippen molar-refractivity contribution in [2.45, 2.75) is 57.2 Å². The molecule has 98 valence electrons. The molecule has 1 unspecified atom stereocenters. The molecule has 0 amide bonds. The highest BCUT2D eigenvalue weighted by Crippen LogP contribution is 2.38. The van der Waals surface area contributed by atoms with Crippen LogP contribution in [0.5, 0.6) is 0 Å². The van der Waals surface area contributed by atoms with E-state index in [2.05, 4.69) is 32.9 Å². The van der Waals surface area contributed by atoms with E-state index in [-0.39, 0.29) is 0 Å². The van der Waals surface area contributed by atoms with Crippen LogP contribution in [0.15, 0.2) is 6.20 Å². The fourth-order valence-corrected chi connectivity index (χ4v) is 3.11. The van der Waals surface area contributed by atoms with Crippen molar-refractivity contribution in [3.8, 4) is 0 Å². The summed E-state index contributed by atoms with van der Waals surface area (Å²) in [6.07, 6.45) is 8.96. The first-order valence-electron chi connectivity index (χ1n) is 7.35. The molecule has 0 spiro atoms. The Morgan fingerprint density at radius 3 is 2.67 bits per heavy atom. The van der Waals surface area contributed by atoms with Gasteiger partial charge in [0.2, 0.25) is 5.95 Å². The SMILES string of the molecule is Cc1cn(C2CC2)c(NC2CCN(C3CC3)C2)n1. The van der Waals surface area contributed by atoms with E-state index in [1.165, 1.54) is 45.2 Å². The molecule has 1 saturated heterocycles. The van der Waals surface area contributed by atoms with E-state index in [4.69, 9.17) is 0 Å². The Hall–Kier alpha value is -1.03. The second-order valence-electron chi connectivity index (χ2n) is 6.20. The summed E-state index contributed by atoms with van der Waals surface area (Å²) >= 11 is 0. The minimum Gasteiger partial charge on any atom is -0.352 e. The zero-order valence-electron chi connectivity index (χ0n) is 11.1. The average Bonchev–Trinajstić information content (AvgIpc) is 3.27. The Balaban J connectivity index is 1.44. The molecule has 3 aliphatic rings. The fourth-order valence-electron chi connectivity index (χ4n) is 3.11. The predicted octanol–water partition coefficient (Wildman–Crippen LogP) is 2.18. The summed E-state index contributed by atoms with van der Waals surface area (Å²) in [5, 5.41) is 3.67. The van der Waals surface area contributed by atoms with Crippen LogP contribution < -0.4 is 5.32 Å². The van der Waals surface area contributed by atoms with Crippen LogP contribution >= 0.6 is 0 Å². The number of imidazole rings is 1. The quantitative estimate of drug-likeness (QED) is 0.884. The Bertz CT molecular complexity index is 445. The van der Waals surface area contributed by atoms with Gasteiger partial charge < -0.3 is 9.88 Å². The topological polar surface area (TPSA) is 33.1 Å². The van der Waals surface area contributed by atoms with Crippen LogP contribution in [0.3, 0.4) is 0 Å². The van der Waals surface area contributed by atoms with Gasteiger partial charge in [-0.15, -0.1) is 0 Å². The molecule has 1 aromatic heterocycles. The molecular formula is C14H22N4. The number of nitrogens with one attached hydrogen (secondary N) is 1. The lowest BCUT2D eigenvalue weighted by Crippen LogP contribution is -2.28. The highest BCUT2D eigenvalue weighted by Gasteiger charge is 2.35. The zero-order valence-corrected chi connectivity index (χ0v) is 11.1. The Morgan fingerprint density at radius 2 is 1.94 bits per heavy atom. The maximum absolute atomic E-state index is 4.65. The fraction of sp³-hybridized carbons (Fsp3) is 0.786. The zero-order chi connectivity index (χ0) is 12.1. The second-order valence-corrected chi connectivity index (χ2v) is 6.20. The number of rotatable bonds is 4. The van der Waals surface area contributed by atoms with Gasteiger partial charge >= 0.3 is 0 Å². The maximum atomic E-state index is 4.65. The Morgan fingerprint density at radius 1 is 1.17 bits per heavy atom. The van der Waals surface area contributed by atoms with E-state index in [9.17, 15) is 0 Å². The standard InChI is InChI=1S/C14H22N4/c1-10-8-18(13-4-5-13)14(15-10)16-11-6-7-17(9-11)12-2-3-12/h8,11-13H,2-7,9H2,1H3,(H,15,16). The van der Waals surface area contributed by atoms with Gasteiger partial charge in [0.25, 0.3) is 0 Å². The maximum Gasteiger partial charge on any atom is 0.203 e. The van der Waals surface area contributed by atoms with Gasteiger partial charge in [-0.05, 0) is 39.0 Å². The number of hydrogen-bond acceptors (Lipinski definition) is 3. The van der Waals surface area contributed by atoms with Gasteiger partial charge in [0.1, 0.15) is 0 Å². The molecule has 1 aliphatic heterocycles. The van der Waals surface area contributed by atoms with Crippen molar-refractivity contribution in [2.24, 2.45) is 0 Å². The van der Waals surface area contributed by atoms with Crippen LogP contribution in [0.4, 0.5) is 5.95 Å². The third-order valence-electron chi connectivity index (χ3n) is 4.41. The monoisotopic (exact) mass is 246 g/mol. The van der Waals surface area contributed by atoms with Gasteiger partial charge in [0.15, 0.2) is 0 Å². The Labute approximate surface area is 108 Å². The molecule has 3 fully saturated rings. The summed E-state index contributed by atoms with van der Waals surface area (Å²) in [6, 6.07) is 2.22. The molecule has 0 radical (unpaired) electrons. The molecule has 4 heteroatoms. The van der Waals surface area contributed by atoms with Gasteiger partial charge in [-0.2, -0.15) is 0 Å². The van der Waals surface area contributed by atoms with Crippen LogP contribution in [0, 0.1) is 6.92 Å². The van der Waals surface area contributed by atoms with Crippen LogP contribution in [-0.4, -0.2) is 39.6 Å². The first-order chi connectivity index (χ1) is 8.79. The van der Waals surface area contributed by atoms with Gasteiger partial charge in [-0.3, -0.25) is 4.90 Å². The van der Waals surface area contributed by atoms with E-state index in [0.29, 0.717) is 6.04 Å². The first-order valence-corrected chi connectivity index (χ1v) is 7.35. The summed E-state index contributed by atoms with van der Waals surface area (Å²) in [5.74, 6) is 1.11. The first kappa shape index (κ1) is 10.9. The molecule has 1 aromatic rings. The number of aryl methyl sites for hydroxylation is 1. The second kappa shape index (κ2) is 3.98. The van der Waals surface area contributed by atoms with E-state index < -0.39 is 0 Å². The number of anilines is 1. The third-order valence-corrected chi connectivity index (χ3v) is 4.41. The molecule has 4 rings (SSSR count). The van der Waals surface area contributed by atoms with E-state index >= 15 is 0 Å². The molecule has 0 bridgehead atoms. The number of hydrogen-bond donors (Lipinski definition) is 1. The van der Waals surface area contributed by atoms with Crippen LogP contribution in [0.1, 0.15) is 43.8 Å². The lowest BCUT2D eigenvalue weighted by Gasteiger charge is -2.17. The van der Waals surface area contributed by atoms with Gasteiger partial charge in [0.05, 0.1) is 5.69 Å². The summed E-state index contributed by atoms with van der Waals surface area (Å²) in [5.41, 5.74) is 1.14. The van der Waals surface area contributed by atoms with Crippen molar-refractivity contribution < 1.29 is 0 Å². The largest absolute Gasteiger partial charge is 0.352 e. The minimum atomic E-state index is 0.602. The van der Waals surface area contributed by atoms with Crippen molar-refractivity contribution in [3.63, 3.8) is 0 Å². The van der Waals surface area contributed by atoms with Crippen molar-refractivity contribution in [2.75, 3.05) is 18.4 Å².